The molecule has 1 heterocycles. The highest BCUT2D eigenvalue weighted by atomic mass is 31.1. The number of nitrogens with zero attached hydrogens (tertiary/aromatic N) is 2. The lowest BCUT2D eigenvalue weighted by molar-refractivity contribution is -0.0260. The third-order valence-corrected chi connectivity index (χ3v) is 7.79. The molecule has 9 nitrogen and oxygen atoms in total. The van der Waals surface area contributed by atoms with Gasteiger partial charge in [0.1, 0.15) is 35.6 Å². The Morgan fingerprint density at radius 2 is 1.46 bits per heavy atom. The summed E-state index contributed by atoms with van der Waals surface area (Å²) < 4.78 is 41.2. The molecule has 1 aliphatic carbocycles. The Morgan fingerprint density at radius 1 is 0.854 bits per heavy atom. The van der Waals surface area contributed by atoms with Gasteiger partial charge in [-0.1, -0.05) is 54.6 Å². The molecule has 1 unspecified atom stereocenters. The number of hydrogen-bond donors (Lipinski definition) is 1. The molecule has 0 saturated heterocycles. The van der Waals surface area contributed by atoms with E-state index in [1.165, 1.54) is 6.33 Å². The van der Waals surface area contributed by atoms with Gasteiger partial charge >= 0.3 is 8.25 Å². The van der Waals surface area contributed by atoms with E-state index in [4.69, 9.17) is 23.5 Å². The second-order valence-electron chi connectivity index (χ2n) is 9.72. The molecule has 3 aromatic carbocycles. The number of methoxy groups -OCH3 is 2. The van der Waals surface area contributed by atoms with Crippen LogP contribution in [-0.4, -0.2) is 47.9 Å². The van der Waals surface area contributed by atoms with Crippen molar-refractivity contribution in [3.05, 3.63) is 114 Å². The van der Waals surface area contributed by atoms with Crippen LogP contribution in [0.2, 0.25) is 0 Å². The third kappa shape index (κ3) is 6.55. The fourth-order valence-electron chi connectivity index (χ4n) is 5.38. The molecular weight excluding hydrogens is 543 g/mol. The zero-order valence-corrected chi connectivity index (χ0v) is 23.7. The van der Waals surface area contributed by atoms with Crippen molar-refractivity contribution in [2.45, 2.75) is 30.7 Å². The van der Waals surface area contributed by atoms with Gasteiger partial charge in [-0.05, 0) is 47.4 Å². The summed E-state index contributed by atoms with van der Waals surface area (Å²) in [5.74, 6) is 1.67. The van der Waals surface area contributed by atoms with Crippen LogP contribution in [0.1, 0.15) is 29.5 Å². The van der Waals surface area contributed by atoms with Crippen LogP contribution in [0.15, 0.2) is 97.5 Å². The molecule has 1 saturated carbocycles. The number of ether oxygens (including phenoxy) is 4. The molecule has 0 aliphatic heterocycles. The Balaban J connectivity index is 1.52. The normalized spacial score (nSPS) is 19.0. The van der Waals surface area contributed by atoms with Gasteiger partial charge in [-0.2, -0.15) is 0 Å². The first-order valence-electron chi connectivity index (χ1n) is 13.3. The maximum Gasteiger partial charge on any atom is 0.695 e. The monoisotopic (exact) mass is 575 g/mol. The average molecular weight is 576 g/mol. The van der Waals surface area contributed by atoms with Gasteiger partial charge in [-0.25, -0.2) is 9.97 Å². The smallest absolute Gasteiger partial charge is 0.497 e. The Morgan fingerprint density at radius 3 is 2.00 bits per heavy atom. The maximum atomic E-state index is 11.8. The molecule has 212 valence electrons. The van der Waals surface area contributed by atoms with E-state index >= 15 is 0 Å². The summed E-state index contributed by atoms with van der Waals surface area (Å²) >= 11 is 0. The maximum absolute atomic E-state index is 11.8. The summed E-state index contributed by atoms with van der Waals surface area (Å²) in [6.45, 7) is 0.227. The van der Waals surface area contributed by atoms with E-state index in [0.29, 0.717) is 18.7 Å². The number of benzene rings is 3. The lowest BCUT2D eigenvalue weighted by Crippen LogP contribution is -2.36. The topological polar surface area (TPSA) is 109 Å². The lowest BCUT2D eigenvalue weighted by Gasteiger charge is -2.37. The predicted octanol–water partition coefficient (Wildman–Crippen LogP) is 5.69. The first-order chi connectivity index (χ1) is 20.0. The highest BCUT2D eigenvalue weighted by Gasteiger charge is 2.45. The van der Waals surface area contributed by atoms with Crippen molar-refractivity contribution in [1.29, 1.82) is 0 Å². The molecule has 5 rings (SSSR count). The van der Waals surface area contributed by atoms with E-state index in [9.17, 15) is 9.46 Å². The highest BCUT2D eigenvalue weighted by Crippen LogP contribution is 2.44. The van der Waals surface area contributed by atoms with Crippen molar-refractivity contribution >= 4 is 8.25 Å². The minimum absolute atomic E-state index is 0.227. The van der Waals surface area contributed by atoms with Crippen LogP contribution in [0.5, 0.6) is 17.4 Å². The fraction of sp³-hybridized carbons (Fsp3) is 0.290. The van der Waals surface area contributed by atoms with E-state index in [1.807, 2.05) is 78.9 Å². The number of hydrogen-bond acceptors (Lipinski definition) is 8. The van der Waals surface area contributed by atoms with Crippen LogP contribution in [0.4, 0.5) is 0 Å². The molecule has 4 atom stereocenters. The minimum atomic E-state index is -2.81. The molecule has 1 N–H and O–H groups in total. The Hall–Kier alpha value is -3.88. The largest absolute Gasteiger partial charge is 0.695 e. The Kier molecular flexibility index (Phi) is 9.21. The number of rotatable bonds is 12. The second kappa shape index (κ2) is 13.2. The van der Waals surface area contributed by atoms with Crippen molar-refractivity contribution in [3.63, 3.8) is 0 Å². The molecule has 0 amide bonds. The van der Waals surface area contributed by atoms with Crippen LogP contribution in [-0.2, 0) is 19.4 Å². The van der Waals surface area contributed by atoms with Gasteiger partial charge in [0.05, 0.1) is 20.8 Å². The quantitative estimate of drug-likeness (QED) is 0.168. The zero-order chi connectivity index (χ0) is 28.7. The molecule has 0 bridgehead atoms. The van der Waals surface area contributed by atoms with Crippen LogP contribution < -0.4 is 14.2 Å². The summed E-state index contributed by atoms with van der Waals surface area (Å²) in [5.41, 5.74) is 1.70. The van der Waals surface area contributed by atoms with Gasteiger partial charge in [0.2, 0.25) is 5.88 Å². The van der Waals surface area contributed by atoms with Crippen LogP contribution in [0, 0.1) is 5.92 Å². The fourth-order valence-corrected chi connectivity index (χ4v) is 5.87. The van der Waals surface area contributed by atoms with Gasteiger partial charge < -0.3 is 18.9 Å². The molecular formula is C31H32N2O7P+. The molecule has 1 fully saturated rings. The van der Waals surface area contributed by atoms with Gasteiger partial charge in [-0.15, -0.1) is 9.42 Å². The van der Waals surface area contributed by atoms with E-state index in [0.717, 1.165) is 28.2 Å². The van der Waals surface area contributed by atoms with Gasteiger partial charge in [0.15, 0.2) is 0 Å². The molecule has 4 aromatic rings. The summed E-state index contributed by atoms with van der Waals surface area (Å²) in [4.78, 5) is 17.7. The van der Waals surface area contributed by atoms with Gasteiger partial charge in [0, 0.05) is 29.2 Å². The SMILES string of the molecule is COc1ccc(C(OC[C@H]2C[C@@H](Oc3ccncn3)C[C@H]2O[P+](=O)O)(c2ccccc2)c2ccc(OC)cc2)cc1. The summed E-state index contributed by atoms with van der Waals surface area (Å²) in [7, 11) is 0.449. The first-order valence-corrected chi connectivity index (χ1v) is 14.4. The summed E-state index contributed by atoms with van der Waals surface area (Å²) in [6.07, 6.45) is 3.18. The van der Waals surface area contributed by atoms with Crippen molar-refractivity contribution in [3.8, 4) is 17.4 Å². The molecule has 10 heteroatoms. The average Bonchev–Trinajstić information content (AvgIpc) is 3.38. The van der Waals surface area contributed by atoms with E-state index in [2.05, 4.69) is 9.97 Å². The standard InChI is InChI=1S/C31H31N2O7P/c1-36-26-12-8-24(9-13-26)31(23-6-4-3-5-7-23,25-10-14-27(37-2)15-11-25)38-20-22-18-28(19-29(22)40-41(34)35)39-30-16-17-32-21-33-30/h3-17,21-22,28-29H,18-20H2,1-2H3/p+1/t22-,28-,29-/m1/s1. The van der Waals surface area contributed by atoms with Crippen LogP contribution in [0.3, 0.4) is 0 Å². The Labute approximate surface area is 240 Å². The number of aromatic nitrogens is 2. The van der Waals surface area contributed by atoms with Gasteiger partial charge in [-0.3, -0.25) is 0 Å². The van der Waals surface area contributed by atoms with Crippen molar-refractivity contribution < 1.29 is 32.9 Å². The Bertz CT molecular complexity index is 1360. The molecule has 0 radical (unpaired) electrons. The minimum Gasteiger partial charge on any atom is -0.497 e. The summed E-state index contributed by atoms with van der Waals surface area (Å²) in [5, 5.41) is 0. The zero-order valence-electron chi connectivity index (χ0n) is 22.8. The molecule has 41 heavy (non-hydrogen) atoms. The summed E-state index contributed by atoms with van der Waals surface area (Å²) in [6, 6.07) is 27.2. The lowest BCUT2D eigenvalue weighted by atomic mass is 9.80. The predicted molar refractivity (Wildman–Crippen MR) is 152 cm³/mol. The van der Waals surface area contributed by atoms with Crippen molar-refractivity contribution in [2.75, 3.05) is 20.8 Å². The highest BCUT2D eigenvalue weighted by molar-refractivity contribution is 7.32. The van der Waals surface area contributed by atoms with Crippen LogP contribution >= 0.6 is 8.25 Å². The van der Waals surface area contributed by atoms with Crippen molar-refractivity contribution in [2.24, 2.45) is 5.92 Å². The first kappa shape index (κ1) is 28.6. The van der Waals surface area contributed by atoms with Gasteiger partial charge in [0.25, 0.3) is 0 Å². The molecule has 0 spiro atoms. The van der Waals surface area contributed by atoms with E-state index < -0.39 is 20.0 Å². The van der Waals surface area contributed by atoms with E-state index in [1.54, 1.807) is 26.5 Å². The second-order valence-corrected chi connectivity index (χ2v) is 10.4. The van der Waals surface area contributed by atoms with E-state index in [-0.39, 0.29) is 18.6 Å². The van der Waals surface area contributed by atoms with Crippen LogP contribution in [0.25, 0.3) is 0 Å². The molecule has 1 aromatic heterocycles. The third-order valence-electron chi connectivity index (χ3n) is 7.34. The van der Waals surface area contributed by atoms with Crippen molar-refractivity contribution in [1.82, 2.24) is 9.97 Å². The molecule has 1 aliphatic rings.